The minimum absolute atomic E-state index is 0.576. The standard InChI is InChI=1S/C8H11N5/c1-4-7-5(2)9-8-10-11-12-13(8)6(7)3/h4H2,1-3H3. The Balaban J connectivity index is 2.85. The molecule has 0 spiro atoms. The molecule has 0 amide bonds. The highest BCUT2D eigenvalue weighted by Crippen LogP contribution is 2.12. The number of tetrazole rings is 1. The van der Waals surface area contributed by atoms with Crippen molar-refractivity contribution in [2.45, 2.75) is 27.2 Å². The summed E-state index contributed by atoms with van der Waals surface area (Å²) >= 11 is 0. The van der Waals surface area contributed by atoms with Crippen molar-refractivity contribution < 1.29 is 0 Å². The smallest absolute Gasteiger partial charge is 0.215 e. The monoisotopic (exact) mass is 177 g/mol. The van der Waals surface area contributed by atoms with E-state index in [0.29, 0.717) is 5.78 Å². The Hall–Kier alpha value is -1.52. The molecule has 5 heteroatoms. The Kier molecular flexibility index (Phi) is 1.72. The summed E-state index contributed by atoms with van der Waals surface area (Å²) in [6.07, 6.45) is 0.959. The first-order valence-electron chi connectivity index (χ1n) is 4.28. The predicted octanol–water partition coefficient (Wildman–Crippen LogP) is 0.699. The largest absolute Gasteiger partial charge is 0.273 e. The van der Waals surface area contributed by atoms with Gasteiger partial charge in [0, 0.05) is 11.4 Å². The van der Waals surface area contributed by atoms with E-state index in [2.05, 4.69) is 27.4 Å². The summed E-state index contributed by atoms with van der Waals surface area (Å²) in [7, 11) is 0. The molecule has 5 nitrogen and oxygen atoms in total. The number of hydrogen-bond acceptors (Lipinski definition) is 4. The van der Waals surface area contributed by atoms with E-state index in [0.717, 1.165) is 17.8 Å². The van der Waals surface area contributed by atoms with Gasteiger partial charge in [0.1, 0.15) is 0 Å². The molecule has 0 saturated heterocycles. The molecule has 0 aliphatic heterocycles. The van der Waals surface area contributed by atoms with Crippen LogP contribution in [-0.2, 0) is 6.42 Å². The van der Waals surface area contributed by atoms with Crippen molar-refractivity contribution in [3.8, 4) is 0 Å². The van der Waals surface area contributed by atoms with Gasteiger partial charge >= 0.3 is 0 Å². The summed E-state index contributed by atoms with van der Waals surface area (Å²) in [5, 5.41) is 11.2. The van der Waals surface area contributed by atoms with E-state index in [1.807, 2.05) is 13.8 Å². The molecular formula is C8H11N5. The van der Waals surface area contributed by atoms with Gasteiger partial charge in [-0.2, -0.15) is 4.52 Å². The molecule has 68 valence electrons. The Labute approximate surface area is 75.8 Å². The number of aromatic nitrogens is 5. The van der Waals surface area contributed by atoms with Gasteiger partial charge in [-0.15, -0.1) is 0 Å². The third-order valence-corrected chi connectivity index (χ3v) is 2.27. The second-order valence-corrected chi connectivity index (χ2v) is 3.01. The quantitative estimate of drug-likeness (QED) is 0.643. The lowest BCUT2D eigenvalue weighted by Crippen LogP contribution is -2.04. The lowest BCUT2D eigenvalue weighted by molar-refractivity contribution is 0.784. The lowest BCUT2D eigenvalue weighted by atomic mass is 10.1. The van der Waals surface area contributed by atoms with Crippen molar-refractivity contribution in [2.24, 2.45) is 0 Å². The molecule has 2 aromatic rings. The number of rotatable bonds is 1. The second kappa shape index (κ2) is 2.76. The van der Waals surface area contributed by atoms with Gasteiger partial charge in [0.05, 0.1) is 0 Å². The second-order valence-electron chi connectivity index (χ2n) is 3.01. The van der Waals surface area contributed by atoms with E-state index < -0.39 is 0 Å². The minimum Gasteiger partial charge on any atom is -0.215 e. The SMILES string of the molecule is CCc1c(C)nc2nnnn2c1C. The van der Waals surface area contributed by atoms with Crippen LogP contribution in [0, 0.1) is 13.8 Å². The molecule has 0 fully saturated rings. The minimum atomic E-state index is 0.576. The Bertz CT molecular complexity index is 445. The molecule has 0 atom stereocenters. The van der Waals surface area contributed by atoms with Crippen LogP contribution in [0.5, 0.6) is 0 Å². The van der Waals surface area contributed by atoms with Crippen molar-refractivity contribution in [1.82, 2.24) is 25.0 Å². The highest BCUT2D eigenvalue weighted by atomic mass is 15.5. The molecule has 0 aliphatic rings. The molecule has 0 unspecified atom stereocenters. The summed E-state index contributed by atoms with van der Waals surface area (Å²) in [5.74, 6) is 0.576. The molecule has 2 heterocycles. The van der Waals surface area contributed by atoms with Crippen LogP contribution in [0.3, 0.4) is 0 Å². The van der Waals surface area contributed by atoms with E-state index in [4.69, 9.17) is 0 Å². The molecule has 2 rings (SSSR count). The molecule has 0 aliphatic carbocycles. The Morgan fingerprint density at radius 2 is 2.08 bits per heavy atom. The van der Waals surface area contributed by atoms with Crippen molar-refractivity contribution in [1.29, 1.82) is 0 Å². The highest BCUT2D eigenvalue weighted by molar-refractivity contribution is 5.34. The average molecular weight is 177 g/mol. The third-order valence-electron chi connectivity index (χ3n) is 2.27. The Morgan fingerprint density at radius 3 is 2.77 bits per heavy atom. The van der Waals surface area contributed by atoms with Gasteiger partial charge in [-0.3, -0.25) is 0 Å². The first kappa shape index (κ1) is 8.10. The van der Waals surface area contributed by atoms with E-state index in [9.17, 15) is 0 Å². The van der Waals surface area contributed by atoms with Crippen LogP contribution in [-0.4, -0.2) is 25.0 Å². The van der Waals surface area contributed by atoms with Crippen LogP contribution in [0.25, 0.3) is 5.78 Å². The van der Waals surface area contributed by atoms with Gasteiger partial charge < -0.3 is 0 Å². The highest BCUT2D eigenvalue weighted by Gasteiger charge is 2.08. The van der Waals surface area contributed by atoms with Gasteiger partial charge in [-0.05, 0) is 36.3 Å². The van der Waals surface area contributed by atoms with E-state index in [1.54, 1.807) is 4.52 Å². The molecule has 0 aromatic carbocycles. The molecule has 0 N–H and O–H groups in total. The van der Waals surface area contributed by atoms with Gasteiger partial charge in [0.2, 0.25) is 0 Å². The van der Waals surface area contributed by atoms with Crippen molar-refractivity contribution in [3.05, 3.63) is 17.0 Å². The zero-order chi connectivity index (χ0) is 9.42. The third kappa shape index (κ3) is 1.07. The fourth-order valence-corrected chi connectivity index (χ4v) is 1.59. The lowest BCUT2D eigenvalue weighted by Gasteiger charge is -2.06. The maximum atomic E-state index is 4.29. The van der Waals surface area contributed by atoms with Crippen LogP contribution in [0.2, 0.25) is 0 Å². The molecule has 0 bridgehead atoms. The Morgan fingerprint density at radius 1 is 1.31 bits per heavy atom. The summed E-state index contributed by atoms with van der Waals surface area (Å²) in [6.45, 7) is 6.10. The van der Waals surface area contributed by atoms with Crippen LogP contribution in [0.15, 0.2) is 0 Å². The van der Waals surface area contributed by atoms with Crippen LogP contribution < -0.4 is 0 Å². The zero-order valence-electron chi connectivity index (χ0n) is 7.94. The average Bonchev–Trinajstić information content (AvgIpc) is 2.53. The molecule has 0 saturated carbocycles. The summed E-state index contributed by atoms with van der Waals surface area (Å²) < 4.78 is 1.67. The summed E-state index contributed by atoms with van der Waals surface area (Å²) in [6, 6.07) is 0. The predicted molar refractivity (Wildman–Crippen MR) is 47.4 cm³/mol. The normalized spacial score (nSPS) is 11.0. The fraction of sp³-hybridized carbons (Fsp3) is 0.500. The van der Waals surface area contributed by atoms with Crippen LogP contribution in [0.1, 0.15) is 23.9 Å². The number of aryl methyl sites for hydroxylation is 2. The first-order valence-corrected chi connectivity index (χ1v) is 4.28. The van der Waals surface area contributed by atoms with Crippen molar-refractivity contribution >= 4 is 5.78 Å². The van der Waals surface area contributed by atoms with E-state index >= 15 is 0 Å². The number of fused-ring (bicyclic) bond motifs is 1. The number of nitrogens with zero attached hydrogens (tertiary/aromatic N) is 5. The van der Waals surface area contributed by atoms with E-state index in [-0.39, 0.29) is 0 Å². The molecule has 2 aromatic heterocycles. The number of hydrogen-bond donors (Lipinski definition) is 0. The van der Waals surface area contributed by atoms with Gasteiger partial charge in [-0.1, -0.05) is 12.0 Å². The summed E-state index contributed by atoms with van der Waals surface area (Å²) in [5.41, 5.74) is 3.32. The maximum Gasteiger partial charge on any atom is 0.273 e. The van der Waals surface area contributed by atoms with Crippen LogP contribution >= 0.6 is 0 Å². The fourth-order valence-electron chi connectivity index (χ4n) is 1.59. The summed E-state index contributed by atoms with van der Waals surface area (Å²) in [4.78, 5) is 4.29. The van der Waals surface area contributed by atoms with Crippen LogP contribution in [0.4, 0.5) is 0 Å². The maximum absolute atomic E-state index is 4.29. The topological polar surface area (TPSA) is 56.0 Å². The molecular weight excluding hydrogens is 166 g/mol. The van der Waals surface area contributed by atoms with Crippen molar-refractivity contribution in [2.75, 3.05) is 0 Å². The molecule has 0 radical (unpaired) electrons. The van der Waals surface area contributed by atoms with Crippen molar-refractivity contribution in [3.63, 3.8) is 0 Å². The van der Waals surface area contributed by atoms with E-state index in [1.165, 1.54) is 5.56 Å². The van der Waals surface area contributed by atoms with Gasteiger partial charge in [0.25, 0.3) is 5.78 Å². The van der Waals surface area contributed by atoms with Gasteiger partial charge in [0.15, 0.2) is 0 Å². The van der Waals surface area contributed by atoms with Gasteiger partial charge in [-0.25, -0.2) is 4.98 Å². The zero-order valence-corrected chi connectivity index (χ0v) is 7.94. The first-order chi connectivity index (χ1) is 6.24. The molecule has 13 heavy (non-hydrogen) atoms.